The SMILES string of the molecule is CC(C)(C)NC(=O)c1cn(CCOCCOCCOCCN)nn1. The number of aromatic nitrogens is 3. The van der Waals surface area contributed by atoms with Crippen molar-refractivity contribution in [2.75, 3.05) is 46.2 Å². The van der Waals surface area contributed by atoms with Crippen LogP contribution in [0.3, 0.4) is 0 Å². The summed E-state index contributed by atoms with van der Waals surface area (Å²) in [5, 5.41) is 10.6. The zero-order chi connectivity index (χ0) is 17.8. The highest BCUT2D eigenvalue weighted by Gasteiger charge is 2.17. The molecule has 9 nitrogen and oxygen atoms in total. The van der Waals surface area contributed by atoms with E-state index < -0.39 is 0 Å². The Labute approximate surface area is 142 Å². The van der Waals surface area contributed by atoms with Crippen LogP contribution in [0, 0.1) is 0 Å². The molecule has 0 aliphatic rings. The van der Waals surface area contributed by atoms with E-state index in [4.69, 9.17) is 19.9 Å². The lowest BCUT2D eigenvalue weighted by Gasteiger charge is -2.19. The minimum absolute atomic E-state index is 0.236. The number of amides is 1. The molecule has 0 aliphatic heterocycles. The van der Waals surface area contributed by atoms with Gasteiger partial charge in [-0.25, -0.2) is 4.68 Å². The quantitative estimate of drug-likeness (QED) is 0.506. The van der Waals surface area contributed by atoms with Crippen LogP contribution in [0.2, 0.25) is 0 Å². The predicted molar refractivity (Wildman–Crippen MR) is 88.8 cm³/mol. The summed E-state index contributed by atoms with van der Waals surface area (Å²) >= 11 is 0. The number of carbonyl (C=O) groups is 1. The van der Waals surface area contributed by atoms with E-state index in [0.717, 1.165) is 0 Å². The molecule has 1 heterocycles. The van der Waals surface area contributed by atoms with Crippen LogP contribution in [0.4, 0.5) is 0 Å². The molecular weight excluding hydrogens is 314 g/mol. The fourth-order valence-electron chi connectivity index (χ4n) is 1.70. The van der Waals surface area contributed by atoms with E-state index in [0.29, 0.717) is 58.4 Å². The minimum atomic E-state index is -0.306. The standard InChI is InChI=1S/C15H29N5O4/c1-15(2,3)17-14(21)13-12-20(19-18-13)5-7-23-9-11-24-10-8-22-6-4-16/h12H,4-11,16H2,1-3H3,(H,17,21). The molecule has 9 heteroatoms. The number of rotatable bonds is 12. The Kier molecular flexibility index (Phi) is 9.46. The van der Waals surface area contributed by atoms with E-state index in [1.807, 2.05) is 20.8 Å². The van der Waals surface area contributed by atoms with Crippen molar-refractivity contribution in [3.05, 3.63) is 11.9 Å². The molecule has 1 amide bonds. The summed E-state index contributed by atoms with van der Waals surface area (Å²) in [5.74, 6) is -0.236. The maximum Gasteiger partial charge on any atom is 0.273 e. The van der Waals surface area contributed by atoms with Gasteiger partial charge in [-0.05, 0) is 20.8 Å². The highest BCUT2D eigenvalue weighted by molar-refractivity contribution is 5.92. The van der Waals surface area contributed by atoms with Gasteiger partial charge in [-0.1, -0.05) is 5.21 Å². The van der Waals surface area contributed by atoms with Gasteiger partial charge in [0.2, 0.25) is 0 Å². The topological polar surface area (TPSA) is 114 Å². The van der Waals surface area contributed by atoms with E-state index in [-0.39, 0.29) is 11.4 Å². The van der Waals surface area contributed by atoms with E-state index >= 15 is 0 Å². The summed E-state index contributed by atoms with van der Waals surface area (Å²) in [5.41, 5.74) is 5.29. The van der Waals surface area contributed by atoms with Crippen LogP contribution >= 0.6 is 0 Å². The molecule has 138 valence electrons. The second kappa shape index (κ2) is 11.1. The molecule has 0 saturated carbocycles. The first-order valence-electron chi connectivity index (χ1n) is 8.08. The summed E-state index contributed by atoms with van der Waals surface area (Å²) in [6, 6.07) is 0. The molecule has 3 N–H and O–H groups in total. The lowest BCUT2D eigenvalue weighted by molar-refractivity contribution is 0.0141. The normalized spacial score (nSPS) is 11.7. The molecule has 0 aliphatic carbocycles. The third-order valence-corrected chi connectivity index (χ3v) is 2.73. The van der Waals surface area contributed by atoms with Crippen LogP contribution in [0.1, 0.15) is 31.3 Å². The van der Waals surface area contributed by atoms with Gasteiger partial charge in [0.25, 0.3) is 5.91 Å². The Morgan fingerprint density at radius 2 is 1.71 bits per heavy atom. The van der Waals surface area contributed by atoms with Crippen molar-refractivity contribution in [1.82, 2.24) is 20.3 Å². The molecule has 0 bridgehead atoms. The summed E-state index contributed by atoms with van der Waals surface area (Å²) in [4.78, 5) is 11.9. The van der Waals surface area contributed by atoms with Crippen LogP contribution < -0.4 is 11.1 Å². The van der Waals surface area contributed by atoms with Gasteiger partial charge in [-0.2, -0.15) is 0 Å². The maximum absolute atomic E-state index is 11.9. The first kappa shape index (κ1) is 20.5. The number of hydrogen-bond donors (Lipinski definition) is 2. The van der Waals surface area contributed by atoms with Gasteiger partial charge in [0, 0.05) is 12.1 Å². The first-order valence-corrected chi connectivity index (χ1v) is 8.08. The summed E-state index contributed by atoms with van der Waals surface area (Å²) < 4.78 is 17.5. The zero-order valence-corrected chi connectivity index (χ0v) is 14.8. The fourth-order valence-corrected chi connectivity index (χ4v) is 1.70. The Hall–Kier alpha value is -1.55. The minimum Gasteiger partial charge on any atom is -0.378 e. The number of carbonyl (C=O) groups excluding carboxylic acids is 1. The molecule has 0 unspecified atom stereocenters. The van der Waals surface area contributed by atoms with Crippen molar-refractivity contribution >= 4 is 5.91 Å². The van der Waals surface area contributed by atoms with Crippen molar-refractivity contribution in [3.8, 4) is 0 Å². The van der Waals surface area contributed by atoms with Gasteiger partial charge in [0.05, 0.1) is 52.4 Å². The number of nitrogens with zero attached hydrogens (tertiary/aromatic N) is 3. The Bertz CT molecular complexity index is 473. The van der Waals surface area contributed by atoms with Gasteiger partial charge in [-0.15, -0.1) is 5.10 Å². The molecule has 0 spiro atoms. The van der Waals surface area contributed by atoms with Crippen LogP contribution in [0.5, 0.6) is 0 Å². The second-order valence-electron chi connectivity index (χ2n) is 6.20. The molecule has 0 radical (unpaired) electrons. The van der Waals surface area contributed by atoms with Crippen molar-refractivity contribution in [2.45, 2.75) is 32.9 Å². The highest BCUT2D eigenvalue weighted by Crippen LogP contribution is 2.02. The maximum atomic E-state index is 11.9. The smallest absolute Gasteiger partial charge is 0.273 e. The fraction of sp³-hybridized carbons (Fsp3) is 0.800. The van der Waals surface area contributed by atoms with Crippen molar-refractivity contribution in [2.24, 2.45) is 5.73 Å². The Morgan fingerprint density at radius 3 is 2.29 bits per heavy atom. The van der Waals surface area contributed by atoms with Crippen LogP contribution in [0.15, 0.2) is 6.20 Å². The van der Waals surface area contributed by atoms with Crippen LogP contribution in [-0.4, -0.2) is 72.6 Å². The van der Waals surface area contributed by atoms with E-state index in [9.17, 15) is 4.79 Å². The molecule has 1 aromatic heterocycles. The van der Waals surface area contributed by atoms with Crippen molar-refractivity contribution in [3.63, 3.8) is 0 Å². The number of hydrogen-bond acceptors (Lipinski definition) is 7. The van der Waals surface area contributed by atoms with E-state index in [1.165, 1.54) is 0 Å². The second-order valence-corrected chi connectivity index (χ2v) is 6.20. The van der Waals surface area contributed by atoms with Crippen molar-refractivity contribution in [1.29, 1.82) is 0 Å². The lowest BCUT2D eigenvalue weighted by Crippen LogP contribution is -2.40. The molecule has 1 rings (SSSR count). The van der Waals surface area contributed by atoms with E-state index in [1.54, 1.807) is 10.9 Å². The number of nitrogens with one attached hydrogen (secondary N) is 1. The Morgan fingerprint density at radius 1 is 1.12 bits per heavy atom. The average molecular weight is 343 g/mol. The average Bonchev–Trinajstić information content (AvgIpc) is 2.96. The van der Waals surface area contributed by atoms with Crippen LogP contribution in [0.25, 0.3) is 0 Å². The zero-order valence-electron chi connectivity index (χ0n) is 14.8. The first-order chi connectivity index (χ1) is 11.4. The summed E-state index contributed by atoms with van der Waals surface area (Å²) in [6.07, 6.45) is 1.61. The highest BCUT2D eigenvalue weighted by atomic mass is 16.5. The van der Waals surface area contributed by atoms with Crippen LogP contribution in [-0.2, 0) is 20.8 Å². The van der Waals surface area contributed by atoms with Gasteiger partial charge in [0.1, 0.15) is 0 Å². The lowest BCUT2D eigenvalue weighted by atomic mass is 10.1. The molecule has 0 saturated heterocycles. The third kappa shape index (κ3) is 9.56. The van der Waals surface area contributed by atoms with Gasteiger partial charge < -0.3 is 25.3 Å². The molecule has 0 aromatic carbocycles. The predicted octanol–water partition coefficient (Wildman–Crippen LogP) is -0.185. The summed E-state index contributed by atoms with van der Waals surface area (Å²) in [6.45, 7) is 9.85. The number of ether oxygens (including phenoxy) is 3. The molecular formula is C15H29N5O4. The summed E-state index contributed by atoms with van der Waals surface area (Å²) in [7, 11) is 0. The molecule has 24 heavy (non-hydrogen) atoms. The van der Waals surface area contributed by atoms with E-state index in [2.05, 4.69) is 15.6 Å². The third-order valence-electron chi connectivity index (χ3n) is 2.73. The molecule has 0 atom stereocenters. The monoisotopic (exact) mass is 343 g/mol. The molecule has 0 fully saturated rings. The largest absolute Gasteiger partial charge is 0.378 e. The molecule has 1 aromatic rings. The van der Waals surface area contributed by atoms with Gasteiger partial charge in [0.15, 0.2) is 5.69 Å². The Balaban J connectivity index is 2.09. The van der Waals surface area contributed by atoms with Gasteiger partial charge >= 0.3 is 0 Å². The van der Waals surface area contributed by atoms with Gasteiger partial charge in [-0.3, -0.25) is 4.79 Å². The van der Waals surface area contributed by atoms with Crippen molar-refractivity contribution < 1.29 is 19.0 Å². The number of nitrogens with two attached hydrogens (primary N) is 1.